The van der Waals surface area contributed by atoms with Crippen molar-refractivity contribution in [3.63, 3.8) is 0 Å². The predicted octanol–water partition coefficient (Wildman–Crippen LogP) is 5.37. The fraction of sp³-hybridized carbons (Fsp3) is 0.143. The first-order chi connectivity index (χ1) is 21.5. The van der Waals surface area contributed by atoms with Gasteiger partial charge in [0.2, 0.25) is 0 Å². The summed E-state index contributed by atoms with van der Waals surface area (Å²) < 4.78 is 18.6. The van der Waals surface area contributed by atoms with E-state index in [0.29, 0.717) is 43.3 Å². The van der Waals surface area contributed by atoms with Gasteiger partial charge in [-0.3, -0.25) is 9.36 Å². The molecule has 0 saturated heterocycles. The molecule has 6 rings (SSSR count). The number of ether oxygens (including phenoxy) is 2. The van der Waals surface area contributed by atoms with Gasteiger partial charge < -0.3 is 13.9 Å². The topological polar surface area (TPSA) is 100 Å². The van der Waals surface area contributed by atoms with Crippen LogP contribution in [-0.4, -0.2) is 29.7 Å². The van der Waals surface area contributed by atoms with Gasteiger partial charge in [-0.25, -0.2) is 14.6 Å². The first kappa shape index (κ1) is 28.8. The Morgan fingerprint density at radius 3 is 2.27 bits per heavy atom. The quantitative estimate of drug-likeness (QED) is 0.221. The van der Waals surface area contributed by atoms with E-state index in [2.05, 4.69) is 0 Å². The molecule has 0 saturated carbocycles. The summed E-state index contributed by atoms with van der Waals surface area (Å²) in [6.07, 6.45) is 1.67. The van der Waals surface area contributed by atoms with Crippen LogP contribution in [0.5, 0.6) is 0 Å². The molecule has 0 bridgehead atoms. The summed E-state index contributed by atoms with van der Waals surface area (Å²) in [5.74, 6) is 0.0514. The molecule has 1 unspecified atom stereocenters. The van der Waals surface area contributed by atoms with Crippen molar-refractivity contribution in [2.75, 3.05) is 13.2 Å². The van der Waals surface area contributed by atoms with Gasteiger partial charge in [0.25, 0.3) is 5.56 Å². The fourth-order valence-corrected chi connectivity index (χ4v) is 6.10. The van der Waals surface area contributed by atoms with Crippen molar-refractivity contribution in [1.82, 2.24) is 4.57 Å². The number of fused-ring (bicyclic) bond motifs is 1. The fourth-order valence-electron chi connectivity index (χ4n) is 5.12. The third kappa shape index (κ3) is 5.57. The number of nitrogens with zero attached hydrogens (tertiary/aromatic N) is 2. The molecule has 1 aliphatic heterocycles. The van der Waals surface area contributed by atoms with Gasteiger partial charge in [0, 0.05) is 17.2 Å². The molecule has 0 N–H and O–H groups in total. The second kappa shape index (κ2) is 12.5. The highest BCUT2D eigenvalue weighted by atomic mass is 32.1. The van der Waals surface area contributed by atoms with Crippen LogP contribution < -0.4 is 14.9 Å². The maximum absolute atomic E-state index is 14.0. The second-order valence-corrected chi connectivity index (χ2v) is 10.9. The van der Waals surface area contributed by atoms with E-state index in [-0.39, 0.29) is 18.8 Å². The van der Waals surface area contributed by atoms with Gasteiger partial charge >= 0.3 is 11.9 Å². The van der Waals surface area contributed by atoms with Crippen molar-refractivity contribution in [2.45, 2.75) is 19.9 Å². The minimum Gasteiger partial charge on any atom is -0.463 e. The van der Waals surface area contributed by atoms with Crippen molar-refractivity contribution >= 4 is 35.0 Å². The lowest BCUT2D eigenvalue weighted by atomic mass is 9.93. The van der Waals surface area contributed by atoms with Gasteiger partial charge in [-0.1, -0.05) is 84.1 Å². The molecule has 220 valence electrons. The van der Waals surface area contributed by atoms with E-state index < -0.39 is 18.0 Å². The predicted molar refractivity (Wildman–Crippen MR) is 168 cm³/mol. The number of furan rings is 1. The zero-order valence-corrected chi connectivity index (χ0v) is 24.9. The molecule has 9 heteroatoms. The summed E-state index contributed by atoms with van der Waals surface area (Å²) >= 11 is 1.22. The van der Waals surface area contributed by atoms with Crippen molar-refractivity contribution in [1.29, 1.82) is 0 Å². The van der Waals surface area contributed by atoms with Crippen LogP contribution in [0.1, 0.15) is 47.1 Å². The number of hydrogen-bond donors (Lipinski definition) is 0. The number of carbonyl (C=O) groups is 2. The lowest BCUT2D eigenvalue weighted by Crippen LogP contribution is -2.39. The molecular weight excluding hydrogens is 576 g/mol. The highest BCUT2D eigenvalue weighted by Crippen LogP contribution is 2.35. The molecule has 5 aromatic rings. The molecule has 2 aromatic heterocycles. The van der Waals surface area contributed by atoms with E-state index in [4.69, 9.17) is 18.9 Å². The highest BCUT2D eigenvalue weighted by Gasteiger charge is 2.35. The molecule has 0 spiro atoms. The Kier molecular flexibility index (Phi) is 8.21. The smallest absolute Gasteiger partial charge is 0.338 e. The normalized spacial score (nSPS) is 14.6. The van der Waals surface area contributed by atoms with Crippen molar-refractivity contribution in [3.05, 3.63) is 145 Å². The Morgan fingerprint density at radius 1 is 0.864 bits per heavy atom. The molecule has 44 heavy (non-hydrogen) atoms. The van der Waals surface area contributed by atoms with Crippen molar-refractivity contribution in [3.8, 4) is 11.3 Å². The monoisotopic (exact) mass is 604 g/mol. The van der Waals surface area contributed by atoms with E-state index in [0.717, 1.165) is 11.1 Å². The Bertz CT molecular complexity index is 2050. The Morgan fingerprint density at radius 2 is 1.55 bits per heavy atom. The van der Waals surface area contributed by atoms with E-state index >= 15 is 0 Å². The summed E-state index contributed by atoms with van der Waals surface area (Å²) in [5, 5.41) is 0. The number of hydrogen-bond acceptors (Lipinski definition) is 8. The van der Waals surface area contributed by atoms with Gasteiger partial charge in [-0.05, 0) is 43.7 Å². The Balaban J connectivity index is 1.49. The number of thiazole rings is 1. The van der Waals surface area contributed by atoms with E-state index in [9.17, 15) is 14.4 Å². The Labute approximate surface area is 256 Å². The van der Waals surface area contributed by atoms with Gasteiger partial charge in [0.05, 0.1) is 40.6 Å². The number of carbonyl (C=O) groups excluding carboxylic acids is 2. The molecule has 8 nitrogen and oxygen atoms in total. The van der Waals surface area contributed by atoms with Crippen LogP contribution in [-0.2, 0) is 14.3 Å². The largest absolute Gasteiger partial charge is 0.463 e. The van der Waals surface area contributed by atoms with E-state index in [1.54, 1.807) is 54.8 Å². The average molecular weight is 605 g/mol. The molecule has 0 radical (unpaired) electrons. The van der Waals surface area contributed by atoms with E-state index in [1.807, 2.05) is 66.7 Å². The summed E-state index contributed by atoms with van der Waals surface area (Å²) in [6, 6.07) is 28.6. The SMILES string of the molecule is CCOC(=O)C1=C(c2ccccc2)N=c2s/c(=C\c3ccc(-c4cccc(C(=O)OCC)c4)o3)c(=O)n2C1c1ccccc1. The van der Waals surface area contributed by atoms with Gasteiger partial charge in [0.15, 0.2) is 4.80 Å². The first-order valence-corrected chi connectivity index (χ1v) is 15.0. The summed E-state index contributed by atoms with van der Waals surface area (Å²) in [5.41, 5.74) is 3.08. The number of aromatic nitrogens is 1. The molecule has 1 aliphatic rings. The van der Waals surface area contributed by atoms with Crippen molar-refractivity contribution < 1.29 is 23.5 Å². The summed E-state index contributed by atoms with van der Waals surface area (Å²) in [7, 11) is 0. The number of esters is 2. The number of benzene rings is 3. The van der Waals surface area contributed by atoms with Crippen molar-refractivity contribution in [2.24, 2.45) is 4.99 Å². The zero-order chi connectivity index (χ0) is 30.6. The third-order valence-corrected chi connectivity index (χ3v) is 8.03. The van der Waals surface area contributed by atoms with Gasteiger partial charge in [-0.2, -0.15) is 0 Å². The summed E-state index contributed by atoms with van der Waals surface area (Å²) in [6.45, 7) is 3.97. The maximum Gasteiger partial charge on any atom is 0.338 e. The van der Waals surface area contributed by atoms with Crippen LogP contribution in [0.2, 0.25) is 0 Å². The third-order valence-electron chi connectivity index (χ3n) is 7.05. The molecule has 3 aromatic carbocycles. The molecule has 1 atom stereocenters. The Hall–Kier alpha value is -5.28. The van der Waals surface area contributed by atoms with Crippen LogP contribution in [0.25, 0.3) is 23.1 Å². The summed E-state index contributed by atoms with van der Waals surface area (Å²) in [4.78, 5) is 45.1. The lowest BCUT2D eigenvalue weighted by Gasteiger charge is -2.25. The molecule has 3 heterocycles. The van der Waals surface area contributed by atoms with Gasteiger partial charge in [0.1, 0.15) is 11.5 Å². The molecule has 0 aliphatic carbocycles. The maximum atomic E-state index is 14.0. The zero-order valence-electron chi connectivity index (χ0n) is 24.1. The van der Waals surface area contributed by atoms with Gasteiger partial charge in [-0.15, -0.1) is 0 Å². The first-order valence-electron chi connectivity index (χ1n) is 14.2. The molecular formula is C35H28N2O6S. The lowest BCUT2D eigenvalue weighted by molar-refractivity contribution is -0.138. The minimum absolute atomic E-state index is 0.180. The van der Waals surface area contributed by atoms with Crippen LogP contribution >= 0.6 is 11.3 Å². The standard InChI is InChI=1S/C35H28N2O6S/c1-3-41-33(39)25-17-11-16-24(20-25)27-19-18-26(43-27)21-28-32(38)37-31(23-14-9-6-10-15-23)29(34(40)42-4-2)30(36-35(37)44-28)22-12-7-5-8-13-22/h5-21,31H,3-4H2,1-2H3/b28-21-. The highest BCUT2D eigenvalue weighted by molar-refractivity contribution is 7.07. The number of rotatable bonds is 8. The average Bonchev–Trinajstić information content (AvgIpc) is 3.65. The van der Waals surface area contributed by atoms with Crippen LogP contribution in [0, 0.1) is 0 Å². The van der Waals surface area contributed by atoms with Crippen LogP contribution in [0.3, 0.4) is 0 Å². The molecule has 0 fully saturated rings. The van der Waals surface area contributed by atoms with Crippen LogP contribution in [0.15, 0.2) is 117 Å². The van der Waals surface area contributed by atoms with Crippen LogP contribution in [0.4, 0.5) is 0 Å². The second-order valence-electron chi connectivity index (χ2n) is 9.85. The van der Waals surface area contributed by atoms with E-state index in [1.165, 1.54) is 11.3 Å². The minimum atomic E-state index is -0.748. The molecule has 0 amide bonds.